The average Bonchev–Trinajstić information content (AvgIpc) is 2.41. The molecule has 1 aromatic carbocycles. The van der Waals surface area contributed by atoms with Gasteiger partial charge in [0.2, 0.25) is 0 Å². The smallest absolute Gasteiger partial charge is 0.118 e. The van der Waals surface area contributed by atoms with Gasteiger partial charge in [-0.1, -0.05) is 30.2 Å². The summed E-state index contributed by atoms with van der Waals surface area (Å²) in [5, 5.41) is 0. The molecule has 17 heavy (non-hydrogen) atoms. The molecule has 0 radical (unpaired) electrons. The molecular formula is C16H22O. The predicted octanol–water partition coefficient (Wildman–Crippen LogP) is 4.52. The zero-order chi connectivity index (χ0) is 11.9. The van der Waals surface area contributed by atoms with Crippen LogP contribution in [0.3, 0.4) is 0 Å². The van der Waals surface area contributed by atoms with Crippen molar-refractivity contribution in [1.82, 2.24) is 0 Å². The van der Waals surface area contributed by atoms with E-state index in [9.17, 15) is 0 Å². The fourth-order valence-corrected chi connectivity index (χ4v) is 2.45. The molecule has 1 saturated carbocycles. The molecule has 0 aromatic heterocycles. The normalized spacial score (nSPS) is 15.7. The molecule has 1 nitrogen and oxygen atoms in total. The van der Waals surface area contributed by atoms with Crippen LogP contribution in [0.2, 0.25) is 0 Å². The van der Waals surface area contributed by atoms with Crippen LogP contribution in [0.15, 0.2) is 35.9 Å². The monoisotopic (exact) mass is 230 g/mol. The summed E-state index contributed by atoms with van der Waals surface area (Å²) in [7, 11) is 1.71. The Morgan fingerprint density at radius 2 is 1.76 bits per heavy atom. The van der Waals surface area contributed by atoms with E-state index in [4.69, 9.17) is 4.74 Å². The van der Waals surface area contributed by atoms with Gasteiger partial charge in [0.15, 0.2) is 0 Å². The van der Waals surface area contributed by atoms with Gasteiger partial charge < -0.3 is 4.74 Å². The fourth-order valence-electron chi connectivity index (χ4n) is 2.45. The van der Waals surface area contributed by atoms with E-state index in [0.717, 1.165) is 12.2 Å². The quantitative estimate of drug-likeness (QED) is 0.691. The lowest BCUT2D eigenvalue weighted by Crippen LogP contribution is -1.94. The minimum absolute atomic E-state index is 0.944. The van der Waals surface area contributed by atoms with E-state index >= 15 is 0 Å². The molecule has 92 valence electrons. The number of hydrogen-bond acceptors (Lipinski definition) is 1. The summed E-state index contributed by atoms with van der Waals surface area (Å²) in [6.07, 6.45) is 11.7. The van der Waals surface area contributed by atoms with Crippen molar-refractivity contribution in [2.75, 3.05) is 7.11 Å². The van der Waals surface area contributed by atoms with Crippen LogP contribution in [0.25, 0.3) is 0 Å². The van der Waals surface area contributed by atoms with E-state index in [1.54, 1.807) is 12.7 Å². The first kappa shape index (κ1) is 12.2. The third kappa shape index (κ3) is 3.92. The van der Waals surface area contributed by atoms with Crippen LogP contribution in [0.4, 0.5) is 0 Å². The summed E-state index contributed by atoms with van der Waals surface area (Å²) < 4.78 is 5.16. The zero-order valence-electron chi connectivity index (χ0n) is 10.7. The summed E-state index contributed by atoms with van der Waals surface area (Å²) in [5.74, 6) is 0.944. The Labute approximate surface area is 104 Å². The second-order valence-corrected chi connectivity index (χ2v) is 4.81. The Morgan fingerprint density at radius 1 is 1.06 bits per heavy atom. The topological polar surface area (TPSA) is 9.23 Å². The van der Waals surface area contributed by atoms with Gasteiger partial charge >= 0.3 is 0 Å². The minimum Gasteiger partial charge on any atom is -0.497 e. The molecule has 0 amide bonds. The molecule has 1 heteroatoms. The molecular weight excluding hydrogens is 208 g/mol. The van der Waals surface area contributed by atoms with Gasteiger partial charge in [-0.05, 0) is 56.2 Å². The van der Waals surface area contributed by atoms with Crippen molar-refractivity contribution in [3.05, 3.63) is 41.5 Å². The summed E-state index contributed by atoms with van der Waals surface area (Å²) in [5.41, 5.74) is 3.09. The summed E-state index contributed by atoms with van der Waals surface area (Å²) in [4.78, 5) is 0. The first-order valence-electron chi connectivity index (χ1n) is 6.69. The highest BCUT2D eigenvalue weighted by Gasteiger charge is 2.04. The van der Waals surface area contributed by atoms with Crippen molar-refractivity contribution in [3.8, 4) is 5.75 Å². The lowest BCUT2D eigenvalue weighted by Gasteiger charge is -2.13. The molecule has 0 atom stereocenters. The van der Waals surface area contributed by atoms with Crippen LogP contribution in [0.1, 0.15) is 44.1 Å². The third-order valence-electron chi connectivity index (χ3n) is 3.52. The van der Waals surface area contributed by atoms with E-state index in [-0.39, 0.29) is 0 Å². The average molecular weight is 230 g/mol. The fraction of sp³-hybridized carbons (Fsp3) is 0.500. The minimum atomic E-state index is 0.944. The van der Waals surface area contributed by atoms with Gasteiger partial charge in [-0.25, -0.2) is 0 Å². The maximum absolute atomic E-state index is 5.16. The molecule has 0 unspecified atom stereocenters. The summed E-state index contributed by atoms with van der Waals surface area (Å²) in [6, 6.07) is 8.42. The van der Waals surface area contributed by atoms with Crippen LogP contribution in [-0.2, 0) is 6.42 Å². The van der Waals surface area contributed by atoms with Crippen LogP contribution in [0, 0.1) is 0 Å². The Hall–Kier alpha value is -1.24. The standard InChI is InChI=1S/C16H22O/c1-17-16-12-10-15(11-13-16)9-5-8-14-6-3-2-4-7-14/h8,10-13H,2-7,9H2,1H3. The van der Waals surface area contributed by atoms with E-state index in [0.29, 0.717) is 0 Å². The number of benzene rings is 1. The molecule has 1 aliphatic rings. The largest absolute Gasteiger partial charge is 0.497 e. The van der Waals surface area contributed by atoms with Crippen molar-refractivity contribution in [3.63, 3.8) is 0 Å². The van der Waals surface area contributed by atoms with Gasteiger partial charge in [0, 0.05) is 0 Å². The first-order chi connectivity index (χ1) is 8.38. The highest BCUT2D eigenvalue weighted by Crippen LogP contribution is 2.23. The van der Waals surface area contributed by atoms with Gasteiger partial charge in [-0.2, -0.15) is 0 Å². The SMILES string of the molecule is COc1ccc(CCC=C2CCCCC2)cc1. The van der Waals surface area contributed by atoms with Gasteiger partial charge in [0.1, 0.15) is 5.75 Å². The number of methoxy groups -OCH3 is 1. The number of rotatable bonds is 4. The van der Waals surface area contributed by atoms with E-state index in [1.807, 2.05) is 12.1 Å². The second kappa shape index (κ2) is 6.48. The van der Waals surface area contributed by atoms with Gasteiger partial charge in [0.25, 0.3) is 0 Å². The molecule has 0 spiro atoms. The van der Waals surface area contributed by atoms with Crippen LogP contribution >= 0.6 is 0 Å². The van der Waals surface area contributed by atoms with Crippen molar-refractivity contribution in [1.29, 1.82) is 0 Å². The Bertz CT molecular complexity index is 354. The van der Waals surface area contributed by atoms with Crippen molar-refractivity contribution in [2.24, 2.45) is 0 Å². The van der Waals surface area contributed by atoms with Crippen LogP contribution in [-0.4, -0.2) is 7.11 Å². The lowest BCUT2D eigenvalue weighted by molar-refractivity contribution is 0.414. The van der Waals surface area contributed by atoms with Gasteiger partial charge in [0.05, 0.1) is 7.11 Å². The number of ether oxygens (including phenoxy) is 1. The molecule has 0 aliphatic heterocycles. The predicted molar refractivity (Wildman–Crippen MR) is 72.5 cm³/mol. The third-order valence-corrected chi connectivity index (χ3v) is 3.52. The number of aryl methyl sites for hydroxylation is 1. The maximum Gasteiger partial charge on any atom is 0.118 e. The molecule has 1 aromatic rings. The maximum atomic E-state index is 5.16. The second-order valence-electron chi connectivity index (χ2n) is 4.81. The number of hydrogen-bond donors (Lipinski definition) is 0. The Morgan fingerprint density at radius 3 is 2.41 bits per heavy atom. The molecule has 0 bridgehead atoms. The Kier molecular flexibility index (Phi) is 4.66. The van der Waals surface area contributed by atoms with Crippen molar-refractivity contribution >= 4 is 0 Å². The molecule has 1 aliphatic carbocycles. The van der Waals surface area contributed by atoms with E-state index in [1.165, 1.54) is 44.1 Å². The molecule has 0 heterocycles. The van der Waals surface area contributed by atoms with Gasteiger partial charge in [-0.15, -0.1) is 0 Å². The Balaban J connectivity index is 1.80. The van der Waals surface area contributed by atoms with Crippen LogP contribution < -0.4 is 4.74 Å². The molecule has 0 N–H and O–H groups in total. The van der Waals surface area contributed by atoms with Gasteiger partial charge in [-0.3, -0.25) is 0 Å². The summed E-state index contributed by atoms with van der Waals surface area (Å²) in [6.45, 7) is 0. The lowest BCUT2D eigenvalue weighted by atomic mass is 9.93. The summed E-state index contributed by atoms with van der Waals surface area (Å²) >= 11 is 0. The zero-order valence-corrected chi connectivity index (χ0v) is 10.7. The van der Waals surface area contributed by atoms with Crippen LogP contribution in [0.5, 0.6) is 5.75 Å². The molecule has 1 fully saturated rings. The first-order valence-corrected chi connectivity index (χ1v) is 6.69. The highest BCUT2D eigenvalue weighted by atomic mass is 16.5. The molecule has 0 saturated heterocycles. The number of allylic oxidation sites excluding steroid dienone is 2. The van der Waals surface area contributed by atoms with E-state index < -0.39 is 0 Å². The van der Waals surface area contributed by atoms with Crippen molar-refractivity contribution < 1.29 is 4.74 Å². The molecule has 2 rings (SSSR count). The highest BCUT2D eigenvalue weighted by molar-refractivity contribution is 5.27. The van der Waals surface area contributed by atoms with Crippen molar-refractivity contribution in [2.45, 2.75) is 44.9 Å². The van der Waals surface area contributed by atoms with E-state index in [2.05, 4.69) is 18.2 Å².